The van der Waals surface area contributed by atoms with Gasteiger partial charge in [0.2, 0.25) is 0 Å². The van der Waals surface area contributed by atoms with E-state index in [1.165, 1.54) is 6.33 Å². The van der Waals surface area contributed by atoms with Crippen molar-refractivity contribution in [3.8, 4) is 0 Å². The van der Waals surface area contributed by atoms with Crippen LogP contribution in [0.5, 0.6) is 0 Å². The highest BCUT2D eigenvalue weighted by Gasteiger charge is 2.25. The van der Waals surface area contributed by atoms with Crippen LogP contribution in [0.1, 0.15) is 26.0 Å². The number of hydrogen-bond acceptors (Lipinski definition) is 4. The predicted molar refractivity (Wildman–Crippen MR) is 59.2 cm³/mol. The predicted octanol–water partition coefficient (Wildman–Crippen LogP) is 2.18. The van der Waals surface area contributed by atoms with Crippen molar-refractivity contribution in [2.45, 2.75) is 32.1 Å². The normalized spacial score (nSPS) is 25.4. The first-order chi connectivity index (χ1) is 7.75. The van der Waals surface area contributed by atoms with Crippen LogP contribution in [0.25, 0.3) is 11.2 Å². The van der Waals surface area contributed by atoms with E-state index in [4.69, 9.17) is 16.3 Å². The Balaban J connectivity index is 2.08. The Hall–Kier alpha value is -1.20. The maximum Gasteiger partial charge on any atom is 0.166 e. The van der Waals surface area contributed by atoms with E-state index >= 15 is 0 Å². The third-order valence-corrected chi connectivity index (χ3v) is 3.11. The molecule has 2 atom stereocenters. The lowest BCUT2D eigenvalue weighted by molar-refractivity contribution is 0.0131. The van der Waals surface area contributed by atoms with Crippen molar-refractivity contribution >= 4 is 22.8 Å². The molecular formula is C10H11ClN4O. The average molecular weight is 239 g/mol. The van der Waals surface area contributed by atoms with Crippen LogP contribution in [-0.4, -0.2) is 25.6 Å². The molecule has 2 aromatic heterocycles. The van der Waals surface area contributed by atoms with Gasteiger partial charge in [-0.15, -0.1) is 0 Å². The summed E-state index contributed by atoms with van der Waals surface area (Å²) in [5, 5.41) is 0.384. The molecule has 1 aliphatic rings. The van der Waals surface area contributed by atoms with Gasteiger partial charge < -0.3 is 4.74 Å². The van der Waals surface area contributed by atoms with E-state index in [1.54, 1.807) is 6.33 Å². The third kappa shape index (κ3) is 1.47. The molecule has 0 aliphatic carbocycles. The first kappa shape index (κ1) is 9.99. The second-order valence-corrected chi connectivity index (χ2v) is 4.33. The van der Waals surface area contributed by atoms with E-state index < -0.39 is 0 Å². The lowest BCUT2D eigenvalue weighted by Gasteiger charge is -2.12. The summed E-state index contributed by atoms with van der Waals surface area (Å²) in [6, 6.07) is 0. The molecule has 0 unspecified atom stereocenters. The number of ether oxygens (including phenoxy) is 1. The van der Waals surface area contributed by atoms with Gasteiger partial charge in [0.05, 0.1) is 12.4 Å². The molecule has 6 heteroatoms. The summed E-state index contributed by atoms with van der Waals surface area (Å²) < 4.78 is 7.70. The van der Waals surface area contributed by atoms with Crippen LogP contribution < -0.4 is 0 Å². The quantitative estimate of drug-likeness (QED) is 0.715. The molecule has 1 saturated heterocycles. The Morgan fingerprint density at radius 1 is 1.38 bits per heavy atom. The van der Waals surface area contributed by atoms with Crippen LogP contribution in [-0.2, 0) is 4.74 Å². The van der Waals surface area contributed by atoms with Crippen LogP contribution >= 0.6 is 11.6 Å². The van der Waals surface area contributed by atoms with E-state index in [-0.39, 0.29) is 6.23 Å². The number of rotatable bonds is 1. The second kappa shape index (κ2) is 3.68. The number of halogens is 1. The van der Waals surface area contributed by atoms with E-state index in [0.29, 0.717) is 16.8 Å². The molecule has 0 N–H and O–H groups in total. The first-order valence-electron chi connectivity index (χ1n) is 5.24. The molecule has 16 heavy (non-hydrogen) atoms. The molecule has 0 bridgehead atoms. The maximum atomic E-state index is 5.94. The molecule has 5 nitrogen and oxygen atoms in total. The average Bonchev–Trinajstić information content (AvgIpc) is 2.84. The lowest BCUT2D eigenvalue weighted by Crippen LogP contribution is -2.08. The van der Waals surface area contributed by atoms with Crippen LogP contribution in [0.3, 0.4) is 0 Å². The van der Waals surface area contributed by atoms with Gasteiger partial charge in [0.15, 0.2) is 10.8 Å². The highest BCUT2D eigenvalue weighted by atomic mass is 35.5. The van der Waals surface area contributed by atoms with Gasteiger partial charge in [-0.25, -0.2) is 15.0 Å². The second-order valence-electron chi connectivity index (χ2n) is 3.97. The van der Waals surface area contributed by atoms with Gasteiger partial charge in [-0.2, -0.15) is 0 Å². The van der Waals surface area contributed by atoms with Crippen LogP contribution in [0.15, 0.2) is 12.7 Å². The zero-order valence-corrected chi connectivity index (χ0v) is 9.55. The zero-order chi connectivity index (χ0) is 11.1. The fraction of sp³-hybridized carbons (Fsp3) is 0.500. The Labute approximate surface area is 97.4 Å². The molecular weight excluding hydrogens is 228 g/mol. The van der Waals surface area contributed by atoms with Crippen molar-refractivity contribution in [3.63, 3.8) is 0 Å². The Bertz CT molecular complexity index is 527. The van der Waals surface area contributed by atoms with Crippen molar-refractivity contribution in [2.24, 2.45) is 0 Å². The Kier molecular flexibility index (Phi) is 2.29. The summed E-state index contributed by atoms with van der Waals surface area (Å²) in [5.74, 6) is 0. The Morgan fingerprint density at radius 2 is 2.25 bits per heavy atom. The lowest BCUT2D eigenvalue weighted by atomic mass is 10.2. The van der Waals surface area contributed by atoms with Crippen molar-refractivity contribution in [3.05, 3.63) is 17.8 Å². The molecule has 3 heterocycles. The summed E-state index contributed by atoms with van der Waals surface area (Å²) in [5.41, 5.74) is 1.37. The van der Waals surface area contributed by atoms with Crippen molar-refractivity contribution in [1.29, 1.82) is 0 Å². The van der Waals surface area contributed by atoms with Crippen LogP contribution in [0.4, 0.5) is 0 Å². The molecule has 1 aliphatic heterocycles. The number of nitrogens with zero attached hydrogens (tertiary/aromatic N) is 4. The van der Waals surface area contributed by atoms with E-state index in [9.17, 15) is 0 Å². The maximum absolute atomic E-state index is 5.94. The zero-order valence-electron chi connectivity index (χ0n) is 8.80. The highest BCUT2D eigenvalue weighted by Crippen LogP contribution is 2.30. The monoisotopic (exact) mass is 238 g/mol. The number of imidazole rings is 1. The summed E-state index contributed by atoms with van der Waals surface area (Å²) in [4.78, 5) is 12.3. The largest absolute Gasteiger partial charge is 0.355 e. The van der Waals surface area contributed by atoms with Crippen LogP contribution in [0, 0.1) is 0 Å². The molecule has 3 rings (SSSR count). The van der Waals surface area contributed by atoms with E-state index in [2.05, 4.69) is 21.9 Å². The van der Waals surface area contributed by atoms with Gasteiger partial charge in [-0.05, 0) is 19.8 Å². The van der Waals surface area contributed by atoms with Crippen molar-refractivity contribution < 1.29 is 4.74 Å². The summed E-state index contributed by atoms with van der Waals surface area (Å²) in [6.45, 7) is 2.07. The standard InChI is InChI=1S/C10H11ClN4O/c1-6-2-3-7(16-6)15-5-14-8-9(11)12-4-13-10(8)15/h4-7H,2-3H2,1H3/t6-,7+/m1/s1. The summed E-state index contributed by atoms with van der Waals surface area (Å²) >= 11 is 5.94. The van der Waals surface area contributed by atoms with Gasteiger partial charge in [0, 0.05) is 0 Å². The molecule has 2 aromatic rings. The molecule has 0 spiro atoms. The molecule has 0 amide bonds. The van der Waals surface area contributed by atoms with Crippen LogP contribution in [0.2, 0.25) is 5.15 Å². The minimum Gasteiger partial charge on any atom is -0.355 e. The fourth-order valence-corrected chi connectivity index (χ4v) is 2.20. The van der Waals surface area contributed by atoms with Gasteiger partial charge in [0.25, 0.3) is 0 Å². The van der Waals surface area contributed by atoms with Crippen molar-refractivity contribution in [1.82, 2.24) is 19.5 Å². The molecule has 0 saturated carbocycles. The van der Waals surface area contributed by atoms with Gasteiger partial charge >= 0.3 is 0 Å². The topological polar surface area (TPSA) is 52.8 Å². The highest BCUT2D eigenvalue weighted by molar-refractivity contribution is 6.33. The van der Waals surface area contributed by atoms with Crippen molar-refractivity contribution in [2.75, 3.05) is 0 Å². The minimum absolute atomic E-state index is 0.0194. The summed E-state index contributed by atoms with van der Waals surface area (Å²) in [6.07, 6.45) is 5.51. The van der Waals surface area contributed by atoms with Gasteiger partial charge in [0.1, 0.15) is 18.1 Å². The third-order valence-electron chi connectivity index (χ3n) is 2.83. The van der Waals surface area contributed by atoms with E-state index in [1.807, 2.05) is 4.57 Å². The molecule has 1 fully saturated rings. The SMILES string of the molecule is C[C@@H]1CC[C@@H](n2cnc3c(Cl)ncnc32)O1. The summed E-state index contributed by atoms with van der Waals surface area (Å²) in [7, 11) is 0. The van der Waals surface area contributed by atoms with Gasteiger partial charge in [-0.1, -0.05) is 11.6 Å². The molecule has 84 valence electrons. The number of fused-ring (bicyclic) bond motifs is 1. The first-order valence-corrected chi connectivity index (χ1v) is 5.62. The smallest absolute Gasteiger partial charge is 0.166 e. The van der Waals surface area contributed by atoms with Gasteiger partial charge in [-0.3, -0.25) is 4.57 Å². The molecule has 0 radical (unpaired) electrons. The number of aromatic nitrogens is 4. The molecule has 0 aromatic carbocycles. The number of hydrogen-bond donors (Lipinski definition) is 0. The van der Waals surface area contributed by atoms with E-state index in [0.717, 1.165) is 18.5 Å². The minimum atomic E-state index is 0.0194. The Morgan fingerprint density at radius 3 is 3.00 bits per heavy atom. The fourth-order valence-electron chi connectivity index (χ4n) is 2.02.